The summed E-state index contributed by atoms with van der Waals surface area (Å²) in [6.45, 7) is 41.1. The Kier molecular flexibility index (Phi) is 22.2. The molecule has 0 spiro atoms. The number of hydrogen-bond donors (Lipinski definition) is 0. The fraction of sp³-hybridized carbons (Fsp3) is 0.182. The van der Waals surface area contributed by atoms with E-state index in [1.165, 1.54) is 60.9 Å². The number of ether oxygens (including phenoxy) is 2. The second kappa shape index (κ2) is 34.5. The van der Waals surface area contributed by atoms with E-state index < -0.39 is 0 Å². The Labute approximate surface area is 829 Å². The van der Waals surface area contributed by atoms with Gasteiger partial charge >= 0.3 is 0 Å². The van der Waals surface area contributed by atoms with Crippen molar-refractivity contribution in [3.63, 3.8) is 0 Å². The Morgan fingerprint density at radius 1 is 0.193 bits per heavy atom. The Bertz CT molecular complexity index is 7250. The van der Waals surface area contributed by atoms with E-state index in [2.05, 4.69) is 545 Å². The molecule has 4 heterocycles. The van der Waals surface area contributed by atoms with Crippen molar-refractivity contribution < 1.29 is 9.47 Å². The summed E-state index contributed by atoms with van der Waals surface area (Å²) in [5.74, 6) is 3.07. The van der Waals surface area contributed by atoms with E-state index in [0.717, 1.165) is 174 Å². The summed E-state index contributed by atoms with van der Waals surface area (Å²) in [6.07, 6.45) is 0. The molecule has 0 aromatic heterocycles. The maximum Gasteiger partial charge on any atom is 0.260 e. The van der Waals surface area contributed by atoms with Crippen LogP contribution in [0.4, 0.5) is 68.2 Å². The van der Waals surface area contributed by atoms with Crippen molar-refractivity contribution >= 4 is 114 Å². The Balaban J connectivity index is 0.843. The Morgan fingerprint density at radius 3 is 0.793 bits per heavy atom. The van der Waals surface area contributed by atoms with Crippen molar-refractivity contribution in [1.29, 1.82) is 0 Å². The second-order valence-electron chi connectivity index (χ2n) is 44.9. The highest BCUT2D eigenvalue weighted by Crippen LogP contribution is 2.54. The van der Waals surface area contributed by atoms with Gasteiger partial charge in [-0.2, -0.15) is 0 Å². The zero-order valence-electron chi connectivity index (χ0n) is 83.9. The number of anilines is 12. The maximum absolute atomic E-state index is 7.76. The zero-order valence-corrected chi connectivity index (χ0v) is 83.9. The first-order chi connectivity index (χ1) is 67.2. The summed E-state index contributed by atoms with van der Waals surface area (Å²) < 4.78 is 15.5. The summed E-state index contributed by atoms with van der Waals surface area (Å²) in [7, 11) is 0. The first-order valence-electron chi connectivity index (χ1n) is 49.8. The molecule has 4 aliphatic heterocycles. The highest BCUT2D eigenvalue weighted by Gasteiger charge is 2.47. The third kappa shape index (κ3) is 16.5. The molecular weight excluding hydrogens is 1700 g/mol. The topological polar surface area (TPSA) is 31.4 Å². The van der Waals surface area contributed by atoms with Gasteiger partial charge in [0.2, 0.25) is 0 Å². The third-order valence-electron chi connectivity index (χ3n) is 29.3. The van der Waals surface area contributed by atoms with Gasteiger partial charge in [0, 0.05) is 73.7 Å². The van der Waals surface area contributed by atoms with Gasteiger partial charge < -0.3 is 29.1 Å². The normalized spacial score (nSPS) is 13.1. The molecule has 0 N–H and O–H groups in total. The average molecular weight is 1820 g/mol. The quantitative estimate of drug-likeness (QED) is 0.0951. The minimum Gasteiger partial charge on any atom is -0.458 e. The molecule has 22 rings (SSSR count). The SMILES string of the molecule is CC(C)(C)c1ccc(N(c2ccc(C(C)(C)C)cc2)c2ccc3c(c2)N(c2ccc(C(C)(C)C)c(-c4ccccc4)c2)c2cc(-c4cc5c6c(c4)Oc4ccc(-c7ccccc7-c7ccccc7)cc4B6c4cc(-c6ccccc6-c6ccccc6)ccc4O5)cc4c2B3c2ccc(N(c3ccc(C(C)(C)C)cc3)c3ccc(C(C)(C)C)cc3)cc2N4c2ccc(C(C)(C)C)c(-c3ccccc3)c2)cc1. The number of hydrogen-bond acceptors (Lipinski definition) is 6. The fourth-order valence-corrected chi connectivity index (χ4v) is 21.9. The molecule has 140 heavy (non-hydrogen) atoms. The molecule has 0 aliphatic carbocycles. The summed E-state index contributed by atoms with van der Waals surface area (Å²) in [5.41, 5.74) is 41.8. The number of nitrogens with zero attached hydrogens (tertiary/aromatic N) is 4. The lowest BCUT2D eigenvalue weighted by Gasteiger charge is -2.45. The molecule has 0 unspecified atom stereocenters. The molecule has 0 saturated heterocycles. The number of benzene rings is 18. The average Bonchev–Trinajstić information content (AvgIpc) is 0.688. The summed E-state index contributed by atoms with van der Waals surface area (Å²) >= 11 is 0. The lowest BCUT2D eigenvalue weighted by atomic mass is 9.33. The molecule has 18 aromatic rings. The fourth-order valence-electron chi connectivity index (χ4n) is 21.9. The lowest BCUT2D eigenvalue weighted by molar-refractivity contribution is 0.465. The first-order valence-corrected chi connectivity index (χ1v) is 49.8. The minimum absolute atomic E-state index is 0.0744. The largest absolute Gasteiger partial charge is 0.458 e. The van der Waals surface area contributed by atoms with Crippen LogP contribution in [0.1, 0.15) is 158 Å². The Morgan fingerprint density at radius 2 is 0.479 bits per heavy atom. The van der Waals surface area contributed by atoms with Crippen LogP contribution in [0.15, 0.2) is 400 Å². The van der Waals surface area contributed by atoms with Crippen molar-refractivity contribution in [3.05, 3.63) is 434 Å². The Hall–Kier alpha value is -15.1. The van der Waals surface area contributed by atoms with Crippen LogP contribution in [0.25, 0.3) is 77.9 Å². The zero-order chi connectivity index (χ0) is 96.8. The van der Waals surface area contributed by atoms with Gasteiger partial charge in [0.25, 0.3) is 13.4 Å². The molecule has 0 atom stereocenters. The molecule has 6 nitrogen and oxygen atoms in total. The monoisotopic (exact) mass is 1810 g/mol. The van der Waals surface area contributed by atoms with Crippen LogP contribution in [0, 0.1) is 0 Å². The van der Waals surface area contributed by atoms with Gasteiger partial charge in [-0.1, -0.05) is 392 Å². The standard InChI is InChI=1S/C132H120B2N4O2/c1-127(2,3)93-49-57-97(58-50-93)135(98-59-51-94(52-60-98)128(4,5)6)103-67-71-113-117(83-103)137(101-65-69-111(131(13,14)15)109(81-101)87-39-27-21-28-40-87)119-77-91(92-79-123-126-124(80-92)140-122-74-48-90(108-46-34-32-44-106(108)86-37-25-20-26-38-86)76-116(122)134(126)115-75-89(47-73-121(115)139-123)107-45-33-31-43-105(107)85-35-23-19-24-36-85)78-120-125(119)133(113)114-72-68-104(84-118(114)138(120)102-66-70-112(132(16,17)18)110(82-102)88-41-29-22-30-42-88)136(99-61-53-95(54-62-99)129(7,8)9)100-63-55-96(56-64-100)130(10,11)12/h19-84H,1-18H3. The lowest BCUT2D eigenvalue weighted by Crippen LogP contribution is -2.61. The van der Waals surface area contributed by atoms with Crippen molar-refractivity contribution in [2.75, 3.05) is 19.6 Å². The van der Waals surface area contributed by atoms with Crippen LogP contribution in [0.3, 0.4) is 0 Å². The molecule has 18 aromatic carbocycles. The van der Waals surface area contributed by atoms with E-state index in [0.29, 0.717) is 0 Å². The number of fused-ring (bicyclic) bond motifs is 8. The predicted octanol–water partition coefficient (Wildman–Crippen LogP) is 32.9. The van der Waals surface area contributed by atoms with Crippen molar-refractivity contribution in [2.24, 2.45) is 0 Å². The third-order valence-corrected chi connectivity index (χ3v) is 29.3. The van der Waals surface area contributed by atoms with E-state index in [1.54, 1.807) is 0 Å². The van der Waals surface area contributed by atoms with Gasteiger partial charge in [0.1, 0.15) is 23.0 Å². The van der Waals surface area contributed by atoms with Crippen molar-refractivity contribution in [1.82, 2.24) is 0 Å². The smallest absolute Gasteiger partial charge is 0.260 e. The second-order valence-corrected chi connectivity index (χ2v) is 44.9. The van der Waals surface area contributed by atoms with E-state index in [4.69, 9.17) is 9.47 Å². The van der Waals surface area contributed by atoms with Gasteiger partial charge in [-0.15, -0.1) is 0 Å². The van der Waals surface area contributed by atoms with Gasteiger partial charge in [-0.25, -0.2) is 0 Å². The number of rotatable bonds is 15. The van der Waals surface area contributed by atoms with Crippen LogP contribution in [0.2, 0.25) is 0 Å². The van der Waals surface area contributed by atoms with Crippen LogP contribution in [-0.4, -0.2) is 13.4 Å². The molecule has 0 amide bonds. The van der Waals surface area contributed by atoms with E-state index in [9.17, 15) is 0 Å². The maximum atomic E-state index is 7.76. The summed E-state index contributed by atoms with van der Waals surface area (Å²) in [4.78, 5) is 10.2. The van der Waals surface area contributed by atoms with Gasteiger partial charge in [0.05, 0.1) is 0 Å². The van der Waals surface area contributed by atoms with E-state index in [-0.39, 0.29) is 45.9 Å². The van der Waals surface area contributed by atoms with Crippen molar-refractivity contribution in [2.45, 2.75) is 157 Å². The van der Waals surface area contributed by atoms with Gasteiger partial charge in [-0.05, 0) is 305 Å². The van der Waals surface area contributed by atoms with Crippen LogP contribution < -0.4 is 61.9 Å². The highest BCUT2D eigenvalue weighted by molar-refractivity contribution is 7.00. The van der Waals surface area contributed by atoms with Gasteiger partial charge in [-0.3, -0.25) is 0 Å². The summed E-state index contributed by atoms with van der Waals surface area (Å²) in [6, 6.07) is 151. The first kappa shape index (κ1) is 90.1. The molecule has 0 radical (unpaired) electrons. The molecule has 0 saturated carbocycles. The van der Waals surface area contributed by atoms with Crippen LogP contribution in [0.5, 0.6) is 23.0 Å². The van der Waals surface area contributed by atoms with Crippen LogP contribution in [-0.2, 0) is 32.5 Å². The van der Waals surface area contributed by atoms with Crippen LogP contribution >= 0.6 is 0 Å². The van der Waals surface area contributed by atoms with E-state index in [1.807, 2.05) is 0 Å². The highest BCUT2D eigenvalue weighted by atomic mass is 16.5. The molecule has 8 heteroatoms. The van der Waals surface area contributed by atoms with E-state index >= 15 is 0 Å². The molecule has 4 aliphatic rings. The minimum atomic E-state index is -0.338. The molecule has 0 fully saturated rings. The molecule has 686 valence electrons. The molecular formula is C132H120B2N4O2. The van der Waals surface area contributed by atoms with Crippen molar-refractivity contribution in [3.8, 4) is 101 Å². The molecule has 0 bridgehead atoms. The predicted molar refractivity (Wildman–Crippen MR) is 598 cm³/mol. The van der Waals surface area contributed by atoms with Gasteiger partial charge in [0.15, 0.2) is 0 Å². The summed E-state index contributed by atoms with van der Waals surface area (Å²) in [5, 5.41) is 0.